The molecule has 59 heavy (non-hydrogen) atoms. The number of hydrogen-bond acceptors (Lipinski definition) is 0. The molecule has 0 saturated heterocycles. The minimum atomic E-state index is -4.33. The van der Waals surface area contributed by atoms with E-state index in [-0.39, 0.29) is 1080 Å². The molecule has 0 spiro atoms. The Kier molecular flexibility index (Phi) is 612. The van der Waals surface area contributed by atoms with E-state index in [0.29, 0.717) is 0 Å². The van der Waals surface area contributed by atoms with Gasteiger partial charge in [0.05, 0.1) is 0 Å². The van der Waals surface area contributed by atoms with Crippen LogP contribution in [0.25, 0.3) is 0 Å². The molecule has 3 rings (SSSR count). The summed E-state index contributed by atoms with van der Waals surface area (Å²) >= 11 is 2.19. The smallest absolute Gasteiger partial charge is 0.359 e. The van der Waals surface area contributed by atoms with Crippen LogP contribution in [0.2, 0.25) is 0 Å². The van der Waals surface area contributed by atoms with Crippen molar-refractivity contribution < 1.29 is 1090 Å². The standard InChI is InChI=1S/C8H5F3.C7H5I.C7H6.33Y/c1-6-2-4-7(5-3-6)8(9,10)11;1-6-2-4-7(8)5-3-6;1-7-5-3-2-4-6-7;;;;;;;;;;;;;;;;;;;;;;;;;;;;;;;;;/h2-3H,1H3;2-3H,1H3;2,5-6H,1H3;;;;;;;;;;;;;;;;;;;;;;;;;;;;;;;;;/q3*-2;;;;;;;;;;;;;;;;;;;;;;;;;;;;;;;;;. The molecule has 0 saturated carbocycles. The summed E-state index contributed by atoms with van der Waals surface area (Å²) in [5.41, 5.74) is 2.30. The first-order valence-electron chi connectivity index (χ1n) is 7.55. The third-order valence-corrected chi connectivity index (χ3v) is 3.44. The minimum Gasteiger partial charge on any atom is -0.359 e. The van der Waals surface area contributed by atoms with Crippen LogP contribution >= 0.6 is 22.6 Å². The second kappa shape index (κ2) is 165. The number of alkyl halides is 3. The van der Waals surface area contributed by atoms with Crippen LogP contribution in [0, 0.1) is 60.7 Å². The Hall–Kier alpha value is 34.6. The van der Waals surface area contributed by atoms with Crippen LogP contribution in [0.15, 0.2) is 42.5 Å². The summed E-state index contributed by atoms with van der Waals surface area (Å²) in [5.74, 6) is 0. The van der Waals surface area contributed by atoms with E-state index in [4.69, 9.17) is 0 Å². The van der Waals surface area contributed by atoms with Crippen LogP contribution in [0.5, 0.6) is 0 Å². The molecule has 0 bridgehead atoms. The monoisotopic (exact) mass is 3400 g/mol. The molecule has 3 aromatic rings. The Balaban J connectivity index is -0.00000000437. The fraction of sp³-hybridized carbons (Fsp3) is 0.182. The van der Waals surface area contributed by atoms with Crippen molar-refractivity contribution in [2.75, 3.05) is 0 Å². The maximum Gasteiger partial charge on any atom is 0.373 e. The average molecular weight is 3400 g/mol. The first kappa shape index (κ1) is 219. The van der Waals surface area contributed by atoms with Crippen molar-refractivity contribution in [3.63, 3.8) is 0 Å². The molecule has 0 heterocycles. The van der Waals surface area contributed by atoms with E-state index >= 15 is 0 Å². The summed E-state index contributed by atoms with van der Waals surface area (Å²) in [6.07, 6.45) is -4.33. The topological polar surface area (TPSA) is 0 Å². The molecule has 0 aliphatic heterocycles. The Bertz CT molecular complexity index is 784. The quantitative estimate of drug-likeness (QED) is 0.183. The zero-order valence-electron chi connectivity index (χ0n) is 33.6. The molecule has 0 unspecified atom stereocenters. The van der Waals surface area contributed by atoms with Crippen molar-refractivity contribution in [2.24, 2.45) is 0 Å². The number of hydrogen-bond donors (Lipinski definition) is 0. The molecule has 0 aliphatic carbocycles. The molecule has 0 aromatic heterocycles. The van der Waals surface area contributed by atoms with Gasteiger partial charge in [0.1, 0.15) is 0 Å². The van der Waals surface area contributed by atoms with E-state index in [1.54, 1.807) is 13.0 Å². The van der Waals surface area contributed by atoms with Gasteiger partial charge in [0.15, 0.2) is 0 Å². The summed E-state index contributed by atoms with van der Waals surface area (Å²) in [5, 5.41) is 0. The molecule has 0 atom stereocenters. The molecule has 0 aliphatic rings. The van der Waals surface area contributed by atoms with Gasteiger partial charge in [-0.05, 0) is 0 Å². The maximum atomic E-state index is 11.9. The molecule has 33 radical (unpaired) electrons. The zero-order chi connectivity index (χ0) is 19.6. The second-order valence-corrected chi connectivity index (χ2v) is 6.42. The first-order valence-corrected chi connectivity index (χ1v) is 8.63. The van der Waals surface area contributed by atoms with Gasteiger partial charge in [-0.1, -0.05) is 0 Å². The van der Waals surface area contributed by atoms with Gasteiger partial charge in [-0.2, -0.15) is 18.7 Å². The molecule has 37 heteroatoms. The van der Waals surface area contributed by atoms with Gasteiger partial charge >= 0.3 is 6.18 Å². The molecule has 0 amide bonds. The van der Waals surface area contributed by atoms with Gasteiger partial charge in [0, 0.05) is 1080 Å². The van der Waals surface area contributed by atoms with Crippen molar-refractivity contribution in [1.82, 2.24) is 0 Å². The van der Waals surface area contributed by atoms with Crippen molar-refractivity contribution >= 4 is 22.6 Å². The zero-order valence-corrected chi connectivity index (χ0v) is 129. The molecule has 3 aromatic carbocycles. The van der Waals surface area contributed by atoms with Crippen LogP contribution in [0.4, 0.5) is 13.2 Å². The number of aryl methyl sites for hydroxylation is 3. The molecule has 0 nitrogen and oxygen atoms in total. The van der Waals surface area contributed by atoms with E-state index in [2.05, 4.69) is 59.0 Å². The Morgan fingerprint density at radius 1 is 0.322 bits per heavy atom. The number of benzene rings is 3. The van der Waals surface area contributed by atoms with Gasteiger partial charge in [-0.15, -0.1) is 43.4 Å². The second-order valence-electron chi connectivity index (χ2n) is 5.34. The van der Waals surface area contributed by atoms with Crippen LogP contribution < -0.4 is 0 Å². The summed E-state index contributed by atoms with van der Waals surface area (Å²) < 4.78 is 36.6. The normalized spacial score (nSPS) is 4.46. The third-order valence-electron chi connectivity index (χ3n) is 2.81. The molecule has 0 fully saturated rings. The van der Waals surface area contributed by atoms with E-state index < -0.39 is 11.7 Å². The molecule has 0 N–H and O–H groups in total. The number of rotatable bonds is 0. The first-order chi connectivity index (χ1) is 12.2. The molecular formula is C22H16F3IY33-6. The van der Waals surface area contributed by atoms with Crippen molar-refractivity contribution in [3.05, 3.63) is 105 Å². The Labute approximate surface area is 1200 Å². The Morgan fingerprint density at radius 2 is 0.492 bits per heavy atom. The molecular weight excluding hydrogens is 3380 g/mol. The van der Waals surface area contributed by atoms with Gasteiger partial charge in [0.2, 0.25) is 0 Å². The largest absolute Gasteiger partial charge is 0.373 e. The average Bonchev–Trinajstić information content (AvgIpc) is 2.59. The van der Waals surface area contributed by atoms with Crippen molar-refractivity contribution in [3.8, 4) is 0 Å². The van der Waals surface area contributed by atoms with Gasteiger partial charge < -0.3 is 42.5 Å². The minimum absolute atomic E-state index is 0. The summed E-state index contributed by atoms with van der Waals surface area (Å²) in [6.45, 7) is 5.74. The van der Waals surface area contributed by atoms with Crippen LogP contribution in [0.3, 0.4) is 0 Å². The van der Waals surface area contributed by atoms with E-state index in [9.17, 15) is 13.2 Å². The van der Waals surface area contributed by atoms with Gasteiger partial charge in [-0.25, -0.2) is 3.57 Å². The van der Waals surface area contributed by atoms with Crippen LogP contribution in [-0.2, 0) is 1090 Å². The third kappa shape index (κ3) is 162. The van der Waals surface area contributed by atoms with Gasteiger partial charge in [0.25, 0.3) is 0 Å². The SMILES string of the molecule is Cc1c[c-]c(C(F)(F)F)[c-]c1.Cc1c[c-]c(I)[c-]c1.Cc1c[c-]c[c-]c1.[Y].[Y].[Y].[Y].[Y].[Y].[Y].[Y].[Y].[Y].[Y].[Y].[Y].[Y].[Y].[Y].[Y].[Y].[Y].[Y].[Y].[Y].[Y].[Y].[Y].[Y].[Y].[Y].[Y].[Y].[Y].[Y].[Y]. The van der Waals surface area contributed by atoms with Crippen LogP contribution in [-0.4, -0.2) is 0 Å². The summed E-state index contributed by atoms with van der Waals surface area (Å²) in [7, 11) is 0. The maximum absolute atomic E-state index is 11.9. The van der Waals surface area contributed by atoms with E-state index in [0.717, 1.165) is 9.13 Å². The van der Waals surface area contributed by atoms with Gasteiger partial charge in [-0.3, -0.25) is 53.1 Å². The molecule has 237 valence electrons. The Morgan fingerprint density at radius 3 is 0.627 bits per heavy atom. The van der Waals surface area contributed by atoms with E-state index in [1.165, 1.54) is 23.3 Å². The fourth-order valence-electron chi connectivity index (χ4n) is 1.49. The number of halogens is 4. The fourth-order valence-corrected chi connectivity index (χ4v) is 1.80. The summed E-state index contributed by atoms with van der Waals surface area (Å²) in [4.78, 5) is 0. The summed E-state index contributed by atoms with van der Waals surface area (Å²) in [6, 6.07) is 28.2. The predicted octanol–water partition coefficient (Wildman–Crippen LogP) is 6.33. The van der Waals surface area contributed by atoms with E-state index in [1.807, 2.05) is 38.1 Å². The van der Waals surface area contributed by atoms with Crippen molar-refractivity contribution in [1.29, 1.82) is 0 Å². The predicted molar refractivity (Wildman–Crippen MR) is 104 cm³/mol. The van der Waals surface area contributed by atoms with Crippen LogP contribution in [0.1, 0.15) is 22.3 Å². The van der Waals surface area contributed by atoms with Crippen molar-refractivity contribution in [2.45, 2.75) is 26.9 Å².